The molecular formula is C9H16N4O2S. The van der Waals surface area contributed by atoms with Crippen LogP contribution >= 0.6 is 11.8 Å². The number of aryl methyl sites for hydroxylation is 1. The number of nitrogens with one attached hydrogen (secondary N) is 2. The Morgan fingerprint density at radius 3 is 3.06 bits per heavy atom. The van der Waals surface area contributed by atoms with Gasteiger partial charge in [-0.05, 0) is 13.3 Å². The number of aromatic nitrogens is 3. The average Bonchev–Trinajstić information content (AvgIpc) is 2.68. The SMILES string of the molecule is COCCCNC(=O)CSc1n[nH]c(C)n1. The summed E-state index contributed by atoms with van der Waals surface area (Å²) in [5.41, 5.74) is 0. The molecule has 0 aliphatic rings. The molecular weight excluding hydrogens is 228 g/mol. The van der Waals surface area contributed by atoms with Gasteiger partial charge in [0.15, 0.2) is 0 Å². The zero-order chi connectivity index (χ0) is 11.8. The molecule has 16 heavy (non-hydrogen) atoms. The lowest BCUT2D eigenvalue weighted by atomic mass is 10.4. The number of thioether (sulfide) groups is 1. The topological polar surface area (TPSA) is 79.9 Å². The van der Waals surface area contributed by atoms with Crippen LogP contribution in [0.15, 0.2) is 5.16 Å². The van der Waals surface area contributed by atoms with E-state index in [4.69, 9.17) is 4.74 Å². The second-order valence-corrected chi connectivity index (χ2v) is 4.13. The van der Waals surface area contributed by atoms with Crippen LogP contribution in [0.2, 0.25) is 0 Å². The quantitative estimate of drug-likeness (QED) is 0.534. The highest BCUT2D eigenvalue weighted by Crippen LogP contribution is 2.10. The molecule has 6 nitrogen and oxygen atoms in total. The first-order valence-electron chi connectivity index (χ1n) is 5.00. The summed E-state index contributed by atoms with van der Waals surface area (Å²) in [5.74, 6) is 1.08. The van der Waals surface area contributed by atoms with Crippen LogP contribution in [0.25, 0.3) is 0 Å². The minimum absolute atomic E-state index is 0.0106. The van der Waals surface area contributed by atoms with E-state index >= 15 is 0 Å². The third kappa shape index (κ3) is 5.13. The highest BCUT2D eigenvalue weighted by molar-refractivity contribution is 7.99. The molecule has 0 atom stereocenters. The standard InChI is InChI=1S/C9H16N4O2S/c1-7-11-9(13-12-7)16-6-8(14)10-4-3-5-15-2/h3-6H2,1-2H3,(H,10,14)(H,11,12,13). The van der Waals surface area contributed by atoms with Crippen molar-refractivity contribution in [3.05, 3.63) is 5.82 Å². The molecule has 1 heterocycles. The monoisotopic (exact) mass is 244 g/mol. The van der Waals surface area contributed by atoms with Crippen molar-refractivity contribution < 1.29 is 9.53 Å². The number of H-pyrrole nitrogens is 1. The number of carbonyl (C=O) groups excluding carboxylic acids is 1. The number of nitrogens with zero attached hydrogens (tertiary/aromatic N) is 2. The molecule has 1 aromatic heterocycles. The summed E-state index contributed by atoms with van der Waals surface area (Å²) in [6.45, 7) is 3.12. The van der Waals surface area contributed by atoms with Gasteiger partial charge in [0.2, 0.25) is 11.1 Å². The van der Waals surface area contributed by atoms with Crippen LogP contribution in [-0.4, -0.2) is 47.1 Å². The summed E-state index contributed by atoms with van der Waals surface area (Å²) in [4.78, 5) is 15.4. The first kappa shape index (κ1) is 13.0. The number of hydrogen-bond acceptors (Lipinski definition) is 5. The predicted octanol–water partition coefficient (Wildman–Crippen LogP) is 0.358. The van der Waals surface area contributed by atoms with Gasteiger partial charge in [-0.25, -0.2) is 4.98 Å². The Balaban J connectivity index is 2.10. The fourth-order valence-electron chi connectivity index (χ4n) is 1.01. The Morgan fingerprint density at radius 1 is 1.62 bits per heavy atom. The molecule has 1 amide bonds. The van der Waals surface area contributed by atoms with Crippen LogP contribution in [0.5, 0.6) is 0 Å². The summed E-state index contributed by atoms with van der Waals surface area (Å²) in [6, 6.07) is 0. The van der Waals surface area contributed by atoms with E-state index in [2.05, 4.69) is 20.5 Å². The van der Waals surface area contributed by atoms with Gasteiger partial charge in [-0.3, -0.25) is 9.89 Å². The van der Waals surface area contributed by atoms with Crippen molar-refractivity contribution in [3.8, 4) is 0 Å². The van der Waals surface area contributed by atoms with Gasteiger partial charge in [-0.2, -0.15) is 0 Å². The van der Waals surface area contributed by atoms with Crippen molar-refractivity contribution in [1.29, 1.82) is 0 Å². The second-order valence-electron chi connectivity index (χ2n) is 3.19. The average molecular weight is 244 g/mol. The fourth-order valence-corrected chi connectivity index (χ4v) is 1.69. The van der Waals surface area contributed by atoms with Gasteiger partial charge in [0.1, 0.15) is 5.82 Å². The second kappa shape index (κ2) is 7.24. The maximum atomic E-state index is 11.3. The molecule has 0 radical (unpaired) electrons. The normalized spacial score (nSPS) is 10.4. The van der Waals surface area contributed by atoms with Crippen LogP contribution < -0.4 is 5.32 Å². The van der Waals surface area contributed by atoms with E-state index in [1.54, 1.807) is 7.11 Å². The Labute approximate surface area is 98.6 Å². The number of hydrogen-bond donors (Lipinski definition) is 2. The lowest BCUT2D eigenvalue weighted by molar-refractivity contribution is -0.118. The number of rotatable bonds is 7. The largest absolute Gasteiger partial charge is 0.385 e. The molecule has 0 fully saturated rings. The van der Waals surface area contributed by atoms with Gasteiger partial charge in [-0.15, -0.1) is 5.10 Å². The molecule has 90 valence electrons. The summed E-state index contributed by atoms with van der Waals surface area (Å²) in [5, 5.41) is 10.0. The predicted molar refractivity (Wildman–Crippen MR) is 61.3 cm³/mol. The van der Waals surface area contributed by atoms with Crippen LogP contribution in [0.4, 0.5) is 0 Å². The minimum Gasteiger partial charge on any atom is -0.385 e. The smallest absolute Gasteiger partial charge is 0.230 e. The van der Waals surface area contributed by atoms with Crippen LogP contribution in [0.1, 0.15) is 12.2 Å². The van der Waals surface area contributed by atoms with E-state index in [9.17, 15) is 4.79 Å². The van der Waals surface area contributed by atoms with Crippen molar-refractivity contribution in [1.82, 2.24) is 20.5 Å². The van der Waals surface area contributed by atoms with E-state index in [0.717, 1.165) is 12.2 Å². The first-order valence-corrected chi connectivity index (χ1v) is 5.98. The van der Waals surface area contributed by atoms with Crippen LogP contribution in [0.3, 0.4) is 0 Å². The molecule has 1 rings (SSSR count). The fraction of sp³-hybridized carbons (Fsp3) is 0.667. The molecule has 1 aromatic rings. The third-order valence-electron chi connectivity index (χ3n) is 1.76. The molecule has 0 unspecified atom stereocenters. The van der Waals surface area contributed by atoms with Gasteiger partial charge >= 0.3 is 0 Å². The first-order chi connectivity index (χ1) is 7.72. The number of ether oxygens (including phenoxy) is 1. The number of amides is 1. The Morgan fingerprint density at radius 2 is 2.44 bits per heavy atom. The highest BCUT2D eigenvalue weighted by atomic mass is 32.2. The van der Waals surface area contributed by atoms with E-state index in [0.29, 0.717) is 24.1 Å². The van der Waals surface area contributed by atoms with Gasteiger partial charge in [-0.1, -0.05) is 11.8 Å². The Kier molecular flexibility index (Phi) is 5.87. The highest BCUT2D eigenvalue weighted by Gasteiger charge is 2.05. The summed E-state index contributed by atoms with van der Waals surface area (Å²) >= 11 is 1.32. The number of aromatic amines is 1. The number of methoxy groups -OCH3 is 1. The maximum absolute atomic E-state index is 11.3. The third-order valence-corrected chi connectivity index (χ3v) is 2.60. The lowest BCUT2D eigenvalue weighted by Crippen LogP contribution is -2.26. The van der Waals surface area contributed by atoms with Crippen molar-refractivity contribution in [2.45, 2.75) is 18.5 Å². The van der Waals surface area contributed by atoms with Crippen molar-refractivity contribution in [3.63, 3.8) is 0 Å². The maximum Gasteiger partial charge on any atom is 0.230 e. The molecule has 0 aromatic carbocycles. The van der Waals surface area contributed by atoms with Crippen LogP contribution in [-0.2, 0) is 9.53 Å². The van der Waals surface area contributed by atoms with Crippen molar-refractivity contribution >= 4 is 17.7 Å². The molecule has 7 heteroatoms. The van der Waals surface area contributed by atoms with Gasteiger partial charge < -0.3 is 10.1 Å². The summed E-state index contributed by atoms with van der Waals surface area (Å²) < 4.78 is 4.88. The molecule has 0 saturated heterocycles. The zero-order valence-corrected chi connectivity index (χ0v) is 10.3. The molecule has 0 bridgehead atoms. The molecule has 0 spiro atoms. The summed E-state index contributed by atoms with van der Waals surface area (Å²) in [6.07, 6.45) is 0.826. The van der Waals surface area contributed by atoms with E-state index in [1.165, 1.54) is 11.8 Å². The summed E-state index contributed by atoms with van der Waals surface area (Å²) in [7, 11) is 1.64. The molecule has 0 aliphatic carbocycles. The molecule has 2 N–H and O–H groups in total. The van der Waals surface area contributed by atoms with Crippen molar-refractivity contribution in [2.75, 3.05) is 26.0 Å². The van der Waals surface area contributed by atoms with Crippen LogP contribution in [0, 0.1) is 6.92 Å². The van der Waals surface area contributed by atoms with Gasteiger partial charge in [0.05, 0.1) is 5.75 Å². The lowest BCUT2D eigenvalue weighted by Gasteiger charge is -2.02. The Bertz CT molecular complexity index is 329. The minimum atomic E-state index is -0.0106. The van der Waals surface area contributed by atoms with E-state index < -0.39 is 0 Å². The number of carbonyl (C=O) groups is 1. The van der Waals surface area contributed by atoms with E-state index in [1.807, 2.05) is 6.92 Å². The van der Waals surface area contributed by atoms with E-state index in [-0.39, 0.29) is 5.91 Å². The Hall–Kier alpha value is -1.08. The van der Waals surface area contributed by atoms with Gasteiger partial charge in [0.25, 0.3) is 0 Å². The van der Waals surface area contributed by atoms with Gasteiger partial charge in [0, 0.05) is 20.3 Å². The van der Waals surface area contributed by atoms with Crippen molar-refractivity contribution in [2.24, 2.45) is 0 Å². The zero-order valence-electron chi connectivity index (χ0n) is 9.45. The molecule has 0 saturated carbocycles. The molecule has 0 aliphatic heterocycles.